The molecule has 0 spiro atoms. The fourth-order valence-electron chi connectivity index (χ4n) is 2.24. The summed E-state index contributed by atoms with van der Waals surface area (Å²) in [5.41, 5.74) is 2.66. The normalized spacial score (nSPS) is 18.8. The summed E-state index contributed by atoms with van der Waals surface area (Å²) < 4.78 is 29.0. The van der Waals surface area contributed by atoms with E-state index in [2.05, 4.69) is 21.7 Å². The summed E-state index contributed by atoms with van der Waals surface area (Å²) in [7, 11) is -3.52. The summed E-state index contributed by atoms with van der Waals surface area (Å²) in [6, 6.07) is 5.91. The van der Waals surface area contributed by atoms with Gasteiger partial charge in [-0.3, -0.25) is 4.72 Å². The SMILES string of the molecule is CC(C)NS(=O)(=O)Nc1cccc2c1NC(C)CC2. The van der Waals surface area contributed by atoms with E-state index in [1.165, 1.54) is 0 Å². The summed E-state index contributed by atoms with van der Waals surface area (Å²) in [5, 5.41) is 3.35. The smallest absolute Gasteiger partial charge is 0.299 e. The van der Waals surface area contributed by atoms with Crippen LogP contribution in [0.4, 0.5) is 11.4 Å². The Bertz CT molecular complexity index is 555. The second-order valence-corrected chi connectivity index (χ2v) is 6.75. The van der Waals surface area contributed by atoms with Gasteiger partial charge in [-0.25, -0.2) is 0 Å². The first-order valence-electron chi connectivity index (χ1n) is 6.56. The van der Waals surface area contributed by atoms with Crippen LogP contribution in [0.3, 0.4) is 0 Å². The predicted octanol–water partition coefficient (Wildman–Crippen LogP) is 2.09. The van der Waals surface area contributed by atoms with Gasteiger partial charge in [0.1, 0.15) is 0 Å². The van der Waals surface area contributed by atoms with Crippen LogP contribution in [-0.4, -0.2) is 20.5 Å². The van der Waals surface area contributed by atoms with E-state index in [1.807, 2.05) is 12.1 Å². The Morgan fingerprint density at radius 2 is 2.11 bits per heavy atom. The van der Waals surface area contributed by atoms with Crippen molar-refractivity contribution < 1.29 is 8.42 Å². The monoisotopic (exact) mass is 283 g/mol. The van der Waals surface area contributed by atoms with E-state index in [1.54, 1.807) is 19.9 Å². The zero-order valence-corrected chi connectivity index (χ0v) is 12.3. The maximum atomic E-state index is 11.9. The average molecular weight is 283 g/mol. The molecule has 0 fully saturated rings. The molecule has 1 heterocycles. The molecule has 1 aliphatic heterocycles. The standard InChI is InChI=1S/C13H21N3O2S/c1-9(2)15-19(17,18)16-12-6-4-5-11-8-7-10(3)14-13(11)12/h4-6,9-10,14-16H,7-8H2,1-3H3. The highest BCUT2D eigenvalue weighted by Gasteiger charge is 2.20. The molecule has 0 amide bonds. The van der Waals surface area contributed by atoms with E-state index in [-0.39, 0.29) is 6.04 Å². The van der Waals surface area contributed by atoms with Crippen molar-refractivity contribution in [3.05, 3.63) is 23.8 Å². The highest BCUT2D eigenvalue weighted by molar-refractivity contribution is 7.90. The molecule has 1 aliphatic rings. The molecule has 0 bridgehead atoms. The summed E-state index contributed by atoms with van der Waals surface area (Å²) >= 11 is 0. The highest BCUT2D eigenvalue weighted by atomic mass is 32.2. The number of hydrogen-bond acceptors (Lipinski definition) is 3. The van der Waals surface area contributed by atoms with Gasteiger partial charge in [-0.2, -0.15) is 13.1 Å². The van der Waals surface area contributed by atoms with Crippen molar-refractivity contribution in [1.29, 1.82) is 0 Å². The van der Waals surface area contributed by atoms with Crippen molar-refractivity contribution in [2.75, 3.05) is 10.0 Å². The first kappa shape index (κ1) is 14.1. The fourth-order valence-corrected chi connectivity index (χ4v) is 3.38. The minimum atomic E-state index is -3.52. The third-order valence-electron chi connectivity index (χ3n) is 3.02. The zero-order chi connectivity index (χ0) is 14.0. The summed E-state index contributed by atoms with van der Waals surface area (Å²) in [4.78, 5) is 0. The lowest BCUT2D eigenvalue weighted by Crippen LogP contribution is -2.35. The lowest BCUT2D eigenvalue weighted by molar-refractivity contribution is 0.575. The molecular formula is C13H21N3O2S. The second-order valence-electron chi connectivity index (χ2n) is 5.30. The van der Waals surface area contributed by atoms with Gasteiger partial charge in [0.25, 0.3) is 10.2 Å². The molecule has 0 saturated carbocycles. The van der Waals surface area contributed by atoms with Crippen molar-refractivity contribution in [3.8, 4) is 0 Å². The van der Waals surface area contributed by atoms with Gasteiger partial charge in [-0.1, -0.05) is 12.1 Å². The van der Waals surface area contributed by atoms with E-state index >= 15 is 0 Å². The Kier molecular flexibility index (Phi) is 4.01. The minimum absolute atomic E-state index is 0.135. The molecule has 2 rings (SSSR count). The lowest BCUT2D eigenvalue weighted by atomic mass is 9.98. The van der Waals surface area contributed by atoms with Gasteiger partial charge in [-0.15, -0.1) is 0 Å². The molecule has 0 radical (unpaired) electrons. The van der Waals surface area contributed by atoms with Crippen LogP contribution in [0.1, 0.15) is 32.8 Å². The van der Waals surface area contributed by atoms with Gasteiger partial charge in [-0.05, 0) is 45.2 Å². The molecule has 1 unspecified atom stereocenters. The molecule has 6 heteroatoms. The highest BCUT2D eigenvalue weighted by Crippen LogP contribution is 2.32. The maximum absolute atomic E-state index is 11.9. The van der Waals surface area contributed by atoms with Gasteiger partial charge in [0.05, 0.1) is 11.4 Å². The Hall–Kier alpha value is -1.27. The predicted molar refractivity (Wildman–Crippen MR) is 78.7 cm³/mol. The second kappa shape index (κ2) is 5.38. The van der Waals surface area contributed by atoms with Gasteiger partial charge in [0, 0.05) is 12.1 Å². The Balaban J connectivity index is 2.27. The molecule has 3 N–H and O–H groups in total. The minimum Gasteiger partial charge on any atom is -0.381 e. The first-order valence-corrected chi connectivity index (χ1v) is 8.04. The third-order valence-corrected chi connectivity index (χ3v) is 4.29. The maximum Gasteiger partial charge on any atom is 0.299 e. The van der Waals surface area contributed by atoms with Crippen LogP contribution in [0, 0.1) is 0 Å². The molecule has 19 heavy (non-hydrogen) atoms. The molecule has 106 valence electrons. The van der Waals surface area contributed by atoms with Gasteiger partial charge >= 0.3 is 0 Å². The lowest BCUT2D eigenvalue weighted by Gasteiger charge is -2.26. The number of para-hydroxylation sites is 1. The number of hydrogen-bond donors (Lipinski definition) is 3. The Labute approximate surface area is 115 Å². The van der Waals surface area contributed by atoms with Crippen molar-refractivity contribution in [1.82, 2.24) is 4.72 Å². The topological polar surface area (TPSA) is 70.2 Å². The van der Waals surface area contributed by atoms with Crippen molar-refractivity contribution in [3.63, 3.8) is 0 Å². The van der Waals surface area contributed by atoms with Crippen LogP contribution >= 0.6 is 0 Å². The summed E-state index contributed by atoms with van der Waals surface area (Å²) in [6.45, 7) is 5.68. The van der Waals surface area contributed by atoms with Gasteiger partial charge in [0.15, 0.2) is 0 Å². The Morgan fingerprint density at radius 1 is 1.37 bits per heavy atom. The molecular weight excluding hydrogens is 262 g/mol. The number of rotatable bonds is 4. The Morgan fingerprint density at radius 3 is 2.79 bits per heavy atom. The molecule has 5 nitrogen and oxygen atoms in total. The van der Waals surface area contributed by atoms with Crippen molar-refractivity contribution in [2.24, 2.45) is 0 Å². The van der Waals surface area contributed by atoms with Crippen molar-refractivity contribution >= 4 is 21.6 Å². The van der Waals surface area contributed by atoms with Crippen LogP contribution in [0.25, 0.3) is 0 Å². The van der Waals surface area contributed by atoms with Gasteiger partial charge < -0.3 is 5.32 Å². The van der Waals surface area contributed by atoms with E-state index < -0.39 is 10.2 Å². The van der Waals surface area contributed by atoms with Crippen LogP contribution in [0.15, 0.2) is 18.2 Å². The number of fused-ring (bicyclic) bond motifs is 1. The molecule has 0 saturated heterocycles. The van der Waals surface area contributed by atoms with E-state index in [0.717, 1.165) is 24.1 Å². The largest absolute Gasteiger partial charge is 0.381 e. The van der Waals surface area contributed by atoms with Crippen LogP contribution in [0.2, 0.25) is 0 Å². The molecule has 0 aliphatic carbocycles. The fraction of sp³-hybridized carbons (Fsp3) is 0.538. The molecule has 1 aromatic carbocycles. The van der Waals surface area contributed by atoms with E-state index in [0.29, 0.717) is 11.7 Å². The quantitative estimate of drug-likeness (QED) is 0.792. The van der Waals surface area contributed by atoms with E-state index in [4.69, 9.17) is 0 Å². The first-order chi connectivity index (χ1) is 8.87. The van der Waals surface area contributed by atoms with Gasteiger partial charge in [0.2, 0.25) is 0 Å². The number of benzene rings is 1. The number of anilines is 2. The number of nitrogens with one attached hydrogen (secondary N) is 3. The third kappa shape index (κ3) is 3.61. The average Bonchev–Trinajstić information content (AvgIpc) is 2.27. The van der Waals surface area contributed by atoms with Crippen molar-refractivity contribution in [2.45, 2.75) is 45.7 Å². The van der Waals surface area contributed by atoms with Crippen LogP contribution in [-0.2, 0) is 16.6 Å². The summed E-state index contributed by atoms with van der Waals surface area (Å²) in [5.74, 6) is 0. The van der Waals surface area contributed by atoms with Crippen LogP contribution < -0.4 is 14.8 Å². The van der Waals surface area contributed by atoms with Crippen LogP contribution in [0.5, 0.6) is 0 Å². The zero-order valence-electron chi connectivity index (χ0n) is 11.5. The molecule has 0 aromatic heterocycles. The summed E-state index contributed by atoms with van der Waals surface area (Å²) in [6.07, 6.45) is 2.03. The molecule has 1 atom stereocenters. The molecule has 1 aromatic rings. The number of aryl methyl sites for hydroxylation is 1. The van der Waals surface area contributed by atoms with E-state index in [9.17, 15) is 8.42 Å².